The van der Waals surface area contributed by atoms with E-state index in [9.17, 15) is 8.78 Å². The second kappa shape index (κ2) is 6.70. The second-order valence-electron chi connectivity index (χ2n) is 3.34. The van der Waals surface area contributed by atoms with Crippen molar-refractivity contribution in [2.24, 2.45) is 5.73 Å². The quantitative estimate of drug-likeness (QED) is 0.839. The number of rotatable bonds is 6. The predicted molar refractivity (Wildman–Crippen MR) is 62.9 cm³/mol. The molecule has 2 N–H and O–H groups in total. The third kappa shape index (κ3) is 4.37. The van der Waals surface area contributed by atoms with Gasteiger partial charge in [-0.05, 0) is 6.07 Å². The smallest absolute Gasteiger partial charge is 0.387 e. The summed E-state index contributed by atoms with van der Waals surface area (Å²) in [6, 6.07) is 6.82. The van der Waals surface area contributed by atoms with Crippen LogP contribution in [0.15, 0.2) is 24.3 Å². The highest BCUT2D eigenvalue weighted by Crippen LogP contribution is 2.26. The van der Waals surface area contributed by atoms with E-state index >= 15 is 0 Å². The van der Waals surface area contributed by atoms with Crippen LogP contribution in [0.3, 0.4) is 0 Å². The zero-order chi connectivity index (χ0) is 12.0. The van der Waals surface area contributed by atoms with Gasteiger partial charge in [0, 0.05) is 23.1 Å². The first-order valence-corrected chi connectivity index (χ1v) is 6.02. The molecule has 0 amide bonds. The van der Waals surface area contributed by atoms with Crippen molar-refractivity contribution in [3.63, 3.8) is 0 Å². The number of nitrogens with two attached hydrogens (primary N) is 1. The number of benzene rings is 1. The van der Waals surface area contributed by atoms with E-state index < -0.39 is 6.61 Å². The molecule has 0 spiro atoms. The lowest BCUT2D eigenvalue weighted by Crippen LogP contribution is -2.13. The minimum atomic E-state index is -2.78. The topological polar surface area (TPSA) is 35.2 Å². The molecule has 0 heterocycles. The fraction of sp³-hybridized carbons (Fsp3) is 0.455. The normalized spacial score (nSPS) is 12.8. The Morgan fingerprint density at radius 3 is 2.69 bits per heavy atom. The number of ether oxygens (including phenoxy) is 1. The Morgan fingerprint density at radius 1 is 1.38 bits per heavy atom. The minimum absolute atomic E-state index is 0.245. The van der Waals surface area contributed by atoms with Crippen LogP contribution in [-0.2, 0) is 5.75 Å². The Bertz CT molecular complexity index is 323. The summed E-state index contributed by atoms with van der Waals surface area (Å²) < 4.78 is 28.7. The predicted octanol–water partition coefficient (Wildman–Crippen LogP) is 2.87. The molecule has 1 rings (SSSR count). The number of thioether (sulfide) groups is 1. The van der Waals surface area contributed by atoms with Crippen LogP contribution in [-0.4, -0.2) is 18.4 Å². The molecule has 0 saturated carbocycles. The van der Waals surface area contributed by atoms with E-state index in [-0.39, 0.29) is 5.75 Å². The fourth-order valence-electron chi connectivity index (χ4n) is 1.13. The van der Waals surface area contributed by atoms with Crippen LogP contribution in [0.4, 0.5) is 8.78 Å². The molecular weight excluding hydrogens is 232 g/mol. The van der Waals surface area contributed by atoms with Gasteiger partial charge in [0.05, 0.1) is 0 Å². The lowest BCUT2D eigenvalue weighted by Gasteiger charge is -2.12. The zero-order valence-corrected chi connectivity index (χ0v) is 9.84. The third-order valence-electron chi connectivity index (χ3n) is 2.04. The second-order valence-corrected chi connectivity index (χ2v) is 4.77. The first kappa shape index (κ1) is 13.3. The molecule has 90 valence electrons. The average Bonchev–Trinajstić information content (AvgIpc) is 2.26. The van der Waals surface area contributed by atoms with Gasteiger partial charge in [-0.25, -0.2) is 0 Å². The van der Waals surface area contributed by atoms with Crippen molar-refractivity contribution in [3.8, 4) is 5.75 Å². The first-order valence-electron chi connectivity index (χ1n) is 4.98. The molecule has 16 heavy (non-hydrogen) atoms. The Labute approximate surface area is 98.2 Å². The van der Waals surface area contributed by atoms with Crippen molar-refractivity contribution < 1.29 is 13.5 Å². The van der Waals surface area contributed by atoms with Gasteiger partial charge in [-0.15, -0.1) is 0 Å². The summed E-state index contributed by atoms with van der Waals surface area (Å²) in [5.41, 5.74) is 6.25. The number of hydrogen-bond donors (Lipinski definition) is 1. The van der Waals surface area contributed by atoms with Crippen LogP contribution >= 0.6 is 11.8 Å². The standard InChI is InChI=1S/C11H15F2NOS/c1-8(6-14)16-7-9-4-2-3-5-10(9)15-11(12)13/h2-5,8,11H,6-7,14H2,1H3. The molecule has 0 aliphatic carbocycles. The first-order chi connectivity index (χ1) is 7.63. The molecule has 0 radical (unpaired) electrons. The summed E-state index contributed by atoms with van der Waals surface area (Å²) >= 11 is 1.62. The molecule has 0 aliphatic rings. The van der Waals surface area contributed by atoms with E-state index in [4.69, 9.17) is 5.73 Å². The van der Waals surface area contributed by atoms with Gasteiger partial charge < -0.3 is 10.5 Å². The molecule has 0 aliphatic heterocycles. The maximum absolute atomic E-state index is 12.1. The van der Waals surface area contributed by atoms with Crippen LogP contribution in [0.2, 0.25) is 0 Å². The summed E-state index contributed by atoms with van der Waals surface area (Å²) in [7, 11) is 0. The van der Waals surface area contributed by atoms with Crippen molar-refractivity contribution in [1.29, 1.82) is 0 Å². The van der Waals surface area contributed by atoms with Crippen LogP contribution in [0, 0.1) is 0 Å². The lowest BCUT2D eigenvalue weighted by molar-refractivity contribution is -0.0503. The Kier molecular flexibility index (Phi) is 5.55. The largest absolute Gasteiger partial charge is 0.435 e. The number of para-hydroxylation sites is 1. The molecule has 1 atom stereocenters. The minimum Gasteiger partial charge on any atom is -0.435 e. The summed E-state index contributed by atoms with van der Waals surface area (Å²) in [5.74, 6) is 0.871. The summed E-state index contributed by atoms with van der Waals surface area (Å²) in [6.07, 6.45) is 0. The fourth-order valence-corrected chi connectivity index (χ4v) is 1.97. The van der Waals surface area contributed by atoms with Gasteiger partial charge in [-0.1, -0.05) is 25.1 Å². The van der Waals surface area contributed by atoms with E-state index in [1.165, 1.54) is 0 Å². The Morgan fingerprint density at radius 2 is 2.06 bits per heavy atom. The summed E-state index contributed by atoms with van der Waals surface area (Å²) in [6.45, 7) is -0.206. The Balaban J connectivity index is 2.63. The van der Waals surface area contributed by atoms with Gasteiger partial charge in [0.2, 0.25) is 0 Å². The van der Waals surface area contributed by atoms with Crippen LogP contribution < -0.4 is 10.5 Å². The van der Waals surface area contributed by atoms with Crippen LogP contribution in [0.1, 0.15) is 12.5 Å². The van der Waals surface area contributed by atoms with E-state index in [1.807, 2.05) is 6.92 Å². The molecule has 1 unspecified atom stereocenters. The number of halogens is 2. The van der Waals surface area contributed by atoms with Crippen molar-refractivity contribution in [2.45, 2.75) is 24.5 Å². The van der Waals surface area contributed by atoms with Crippen LogP contribution in [0.25, 0.3) is 0 Å². The SMILES string of the molecule is CC(CN)SCc1ccccc1OC(F)F. The van der Waals surface area contributed by atoms with Crippen molar-refractivity contribution >= 4 is 11.8 Å². The molecule has 0 saturated heterocycles. The van der Waals surface area contributed by atoms with Crippen molar-refractivity contribution in [1.82, 2.24) is 0 Å². The lowest BCUT2D eigenvalue weighted by atomic mass is 10.2. The number of hydrogen-bond acceptors (Lipinski definition) is 3. The van der Waals surface area contributed by atoms with E-state index in [0.29, 0.717) is 17.5 Å². The third-order valence-corrected chi connectivity index (χ3v) is 3.28. The maximum atomic E-state index is 12.1. The molecule has 0 fully saturated rings. The van der Waals surface area contributed by atoms with Crippen molar-refractivity contribution in [2.75, 3.05) is 6.54 Å². The highest BCUT2D eigenvalue weighted by molar-refractivity contribution is 7.99. The van der Waals surface area contributed by atoms with Crippen LogP contribution in [0.5, 0.6) is 5.75 Å². The van der Waals surface area contributed by atoms with E-state index in [2.05, 4.69) is 4.74 Å². The molecule has 5 heteroatoms. The zero-order valence-electron chi connectivity index (χ0n) is 9.03. The monoisotopic (exact) mass is 247 g/mol. The average molecular weight is 247 g/mol. The van der Waals surface area contributed by atoms with Gasteiger partial charge in [0.25, 0.3) is 0 Å². The molecule has 0 bridgehead atoms. The van der Waals surface area contributed by atoms with Gasteiger partial charge >= 0.3 is 6.61 Å². The summed E-state index contributed by atoms with van der Waals surface area (Å²) in [4.78, 5) is 0. The molecular formula is C11H15F2NOS. The van der Waals surface area contributed by atoms with Gasteiger partial charge in [-0.2, -0.15) is 20.5 Å². The molecule has 1 aromatic rings. The number of alkyl halides is 2. The highest BCUT2D eigenvalue weighted by Gasteiger charge is 2.09. The molecule has 0 aromatic heterocycles. The summed E-state index contributed by atoms with van der Waals surface area (Å²) in [5, 5.41) is 0.305. The van der Waals surface area contributed by atoms with Gasteiger partial charge in [0.15, 0.2) is 0 Å². The maximum Gasteiger partial charge on any atom is 0.387 e. The van der Waals surface area contributed by atoms with E-state index in [1.54, 1.807) is 36.0 Å². The molecule has 2 nitrogen and oxygen atoms in total. The molecule has 1 aromatic carbocycles. The van der Waals surface area contributed by atoms with Crippen molar-refractivity contribution in [3.05, 3.63) is 29.8 Å². The highest BCUT2D eigenvalue weighted by atomic mass is 32.2. The van der Waals surface area contributed by atoms with Gasteiger partial charge in [-0.3, -0.25) is 0 Å². The van der Waals surface area contributed by atoms with E-state index in [0.717, 1.165) is 5.56 Å². The van der Waals surface area contributed by atoms with Gasteiger partial charge in [0.1, 0.15) is 5.75 Å². The Hall–Kier alpha value is -0.810.